The highest BCUT2D eigenvalue weighted by Crippen LogP contribution is 2.34. The second-order valence-corrected chi connectivity index (χ2v) is 8.62. The second kappa shape index (κ2) is 8.45. The molecule has 0 saturated carbocycles. The van der Waals surface area contributed by atoms with Crippen molar-refractivity contribution in [3.63, 3.8) is 0 Å². The Kier molecular flexibility index (Phi) is 5.69. The van der Waals surface area contributed by atoms with Crippen molar-refractivity contribution in [2.24, 2.45) is 0 Å². The van der Waals surface area contributed by atoms with Crippen LogP contribution in [-0.4, -0.2) is 37.9 Å². The van der Waals surface area contributed by atoms with Gasteiger partial charge in [-0.15, -0.1) is 0 Å². The lowest BCUT2D eigenvalue weighted by molar-refractivity contribution is -0.146. The van der Waals surface area contributed by atoms with Crippen LogP contribution in [-0.2, 0) is 9.53 Å². The molecule has 0 saturated heterocycles. The number of hydrogen-bond donors (Lipinski definition) is 1. The molecule has 1 aromatic carbocycles. The highest BCUT2D eigenvalue weighted by atomic mass is 16.5. The molecule has 1 unspecified atom stereocenters. The molecule has 1 N–H and O–H groups in total. The SMILES string of the molecule is CCOC(=O)C(C)n1cc(-c2cnc(NC(C)(C)C)c(-c3nc4ccccc4o3)c2)cn1. The van der Waals surface area contributed by atoms with E-state index < -0.39 is 6.04 Å². The van der Waals surface area contributed by atoms with Crippen LogP contribution in [0.25, 0.3) is 33.7 Å². The lowest BCUT2D eigenvalue weighted by Crippen LogP contribution is -2.27. The number of oxazole rings is 1. The van der Waals surface area contributed by atoms with Gasteiger partial charge in [0.1, 0.15) is 17.4 Å². The van der Waals surface area contributed by atoms with E-state index in [1.165, 1.54) is 0 Å². The van der Waals surface area contributed by atoms with Gasteiger partial charge in [0.15, 0.2) is 5.58 Å². The number of nitrogens with zero attached hydrogens (tertiary/aromatic N) is 4. The summed E-state index contributed by atoms with van der Waals surface area (Å²) < 4.78 is 12.7. The second-order valence-electron chi connectivity index (χ2n) is 8.62. The Balaban J connectivity index is 1.75. The fourth-order valence-electron chi connectivity index (χ4n) is 3.30. The van der Waals surface area contributed by atoms with E-state index in [9.17, 15) is 4.79 Å². The normalized spacial score (nSPS) is 12.7. The first kappa shape index (κ1) is 21.5. The van der Waals surface area contributed by atoms with Crippen molar-refractivity contribution in [3.8, 4) is 22.6 Å². The van der Waals surface area contributed by atoms with Crippen molar-refractivity contribution in [2.75, 3.05) is 11.9 Å². The molecule has 0 amide bonds. The van der Waals surface area contributed by atoms with Gasteiger partial charge in [-0.05, 0) is 52.8 Å². The maximum Gasteiger partial charge on any atom is 0.330 e. The fourth-order valence-corrected chi connectivity index (χ4v) is 3.30. The number of fused-ring (bicyclic) bond motifs is 1. The first-order chi connectivity index (χ1) is 15.2. The quantitative estimate of drug-likeness (QED) is 0.423. The van der Waals surface area contributed by atoms with Crippen molar-refractivity contribution in [1.82, 2.24) is 19.7 Å². The molecule has 3 heterocycles. The molecule has 0 aliphatic heterocycles. The standard InChI is InChI=1S/C24H27N5O3/c1-6-31-23(30)15(2)29-14-17(13-26-29)16-11-18(21(25-12-16)28-24(3,4)5)22-27-19-9-7-8-10-20(19)32-22/h7-15H,6H2,1-5H3,(H,25,28). The summed E-state index contributed by atoms with van der Waals surface area (Å²) in [6.45, 7) is 10.1. The first-order valence-corrected chi connectivity index (χ1v) is 10.6. The third-order valence-electron chi connectivity index (χ3n) is 4.86. The number of rotatable bonds is 6. The third kappa shape index (κ3) is 4.49. The maximum absolute atomic E-state index is 12.1. The summed E-state index contributed by atoms with van der Waals surface area (Å²) >= 11 is 0. The van der Waals surface area contributed by atoms with E-state index in [-0.39, 0.29) is 11.5 Å². The molecule has 0 bridgehead atoms. The highest BCUT2D eigenvalue weighted by Gasteiger charge is 2.21. The molecule has 0 aliphatic rings. The van der Waals surface area contributed by atoms with Crippen molar-refractivity contribution >= 4 is 22.9 Å². The first-order valence-electron chi connectivity index (χ1n) is 10.6. The number of para-hydroxylation sites is 2. The molecule has 32 heavy (non-hydrogen) atoms. The number of pyridine rings is 1. The van der Waals surface area contributed by atoms with Crippen LogP contribution >= 0.6 is 0 Å². The van der Waals surface area contributed by atoms with Gasteiger partial charge in [-0.3, -0.25) is 4.68 Å². The number of carbonyl (C=O) groups is 1. The molecule has 0 fully saturated rings. The van der Waals surface area contributed by atoms with Crippen LogP contribution in [0.4, 0.5) is 5.82 Å². The lowest BCUT2D eigenvalue weighted by atomic mass is 10.1. The highest BCUT2D eigenvalue weighted by molar-refractivity contribution is 5.81. The Morgan fingerprint density at radius 3 is 2.72 bits per heavy atom. The molecular weight excluding hydrogens is 406 g/mol. The Morgan fingerprint density at radius 1 is 1.22 bits per heavy atom. The molecular formula is C24H27N5O3. The van der Waals surface area contributed by atoms with Crippen LogP contribution in [0.15, 0.2) is 53.3 Å². The minimum absolute atomic E-state index is 0.199. The van der Waals surface area contributed by atoms with Crippen LogP contribution in [0, 0.1) is 0 Å². The van der Waals surface area contributed by atoms with Gasteiger partial charge >= 0.3 is 5.97 Å². The summed E-state index contributed by atoms with van der Waals surface area (Å²) in [5.74, 6) is 0.844. The van der Waals surface area contributed by atoms with E-state index in [4.69, 9.17) is 9.15 Å². The van der Waals surface area contributed by atoms with Gasteiger partial charge in [0.05, 0.1) is 18.4 Å². The van der Waals surface area contributed by atoms with Crippen molar-refractivity contribution in [3.05, 3.63) is 48.9 Å². The minimum atomic E-state index is -0.519. The number of anilines is 1. The Bertz CT molecular complexity index is 1220. The van der Waals surface area contributed by atoms with Crippen LogP contribution in [0.2, 0.25) is 0 Å². The van der Waals surface area contributed by atoms with Crippen LogP contribution < -0.4 is 5.32 Å². The van der Waals surface area contributed by atoms with Gasteiger partial charge in [0.25, 0.3) is 0 Å². The predicted octanol–water partition coefficient (Wildman–Crippen LogP) is 5.09. The van der Waals surface area contributed by atoms with Gasteiger partial charge < -0.3 is 14.5 Å². The average Bonchev–Trinajstić information content (AvgIpc) is 3.40. The van der Waals surface area contributed by atoms with Gasteiger partial charge in [-0.1, -0.05) is 12.1 Å². The molecule has 166 valence electrons. The van der Waals surface area contributed by atoms with Crippen LogP contribution in [0.1, 0.15) is 40.7 Å². The number of carbonyl (C=O) groups excluding carboxylic acids is 1. The molecule has 0 radical (unpaired) electrons. The Labute approximate surface area is 186 Å². The zero-order valence-corrected chi connectivity index (χ0v) is 18.9. The van der Waals surface area contributed by atoms with E-state index in [1.54, 1.807) is 30.9 Å². The lowest BCUT2D eigenvalue weighted by Gasteiger charge is -2.22. The minimum Gasteiger partial charge on any atom is -0.464 e. The molecule has 4 rings (SSSR count). The molecule has 4 aromatic rings. The summed E-state index contributed by atoms with van der Waals surface area (Å²) in [5, 5.41) is 7.78. The van der Waals surface area contributed by atoms with E-state index >= 15 is 0 Å². The van der Waals surface area contributed by atoms with E-state index in [1.807, 2.05) is 36.5 Å². The molecule has 8 heteroatoms. The molecule has 1 atom stereocenters. The molecule has 0 spiro atoms. The summed E-state index contributed by atoms with van der Waals surface area (Å²) in [5.41, 5.74) is 3.71. The van der Waals surface area contributed by atoms with Crippen molar-refractivity contribution in [2.45, 2.75) is 46.2 Å². The molecule has 8 nitrogen and oxygen atoms in total. The zero-order chi connectivity index (χ0) is 22.9. The van der Waals surface area contributed by atoms with E-state index in [2.05, 4.69) is 41.2 Å². The topological polar surface area (TPSA) is 95.1 Å². The predicted molar refractivity (Wildman–Crippen MR) is 123 cm³/mol. The van der Waals surface area contributed by atoms with Gasteiger partial charge in [-0.2, -0.15) is 5.10 Å². The smallest absolute Gasteiger partial charge is 0.330 e. The summed E-state index contributed by atoms with van der Waals surface area (Å²) in [7, 11) is 0. The van der Waals surface area contributed by atoms with Crippen LogP contribution in [0.3, 0.4) is 0 Å². The summed E-state index contributed by atoms with van der Waals surface area (Å²) in [6, 6.07) is 9.10. The maximum atomic E-state index is 12.1. The number of hydrogen-bond acceptors (Lipinski definition) is 7. The average molecular weight is 434 g/mol. The number of benzene rings is 1. The van der Waals surface area contributed by atoms with Gasteiger partial charge in [0, 0.05) is 29.1 Å². The Hall–Kier alpha value is -3.68. The van der Waals surface area contributed by atoms with Gasteiger partial charge in [0.2, 0.25) is 5.89 Å². The Morgan fingerprint density at radius 2 is 2.00 bits per heavy atom. The van der Waals surface area contributed by atoms with Gasteiger partial charge in [-0.25, -0.2) is 14.8 Å². The van der Waals surface area contributed by atoms with E-state index in [0.717, 1.165) is 22.2 Å². The van der Waals surface area contributed by atoms with Crippen LogP contribution in [0.5, 0.6) is 0 Å². The largest absolute Gasteiger partial charge is 0.464 e. The molecule has 3 aromatic heterocycles. The molecule has 0 aliphatic carbocycles. The fraction of sp³-hybridized carbons (Fsp3) is 0.333. The van der Waals surface area contributed by atoms with Crippen molar-refractivity contribution < 1.29 is 13.9 Å². The number of aromatic nitrogens is 4. The van der Waals surface area contributed by atoms with E-state index in [0.29, 0.717) is 23.9 Å². The summed E-state index contributed by atoms with van der Waals surface area (Å²) in [6.07, 6.45) is 5.29. The number of ether oxygens (including phenoxy) is 1. The zero-order valence-electron chi connectivity index (χ0n) is 18.9. The summed E-state index contributed by atoms with van der Waals surface area (Å²) in [4.78, 5) is 21.4. The third-order valence-corrected chi connectivity index (χ3v) is 4.86. The number of nitrogens with one attached hydrogen (secondary N) is 1. The van der Waals surface area contributed by atoms with Crippen molar-refractivity contribution in [1.29, 1.82) is 0 Å². The number of esters is 1. The monoisotopic (exact) mass is 433 g/mol.